The second kappa shape index (κ2) is 6.51. The lowest BCUT2D eigenvalue weighted by atomic mass is 10.2. The van der Waals surface area contributed by atoms with Crippen molar-refractivity contribution in [3.63, 3.8) is 0 Å². The predicted molar refractivity (Wildman–Crippen MR) is 90.7 cm³/mol. The molecule has 1 aromatic carbocycles. The molecule has 6 heteroatoms. The van der Waals surface area contributed by atoms with Gasteiger partial charge in [-0.15, -0.1) is 22.7 Å². The van der Waals surface area contributed by atoms with E-state index in [1.165, 1.54) is 11.3 Å². The van der Waals surface area contributed by atoms with Crippen molar-refractivity contribution in [2.24, 2.45) is 0 Å². The molecule has 0 atom stereocenters. The van der Waals surface area contributed by atoms with Crippen LogP contribution >= 0.6 is 38.6 Å². The summed E-state index contributed by atoms with van der Waals surface area (Å²) in [5.74, 6) is -0.0877. The molecule has 0 fully saturated rings. The van der Waals surface area contributed by atoms with Gasteiger partial charge in [0.1, 0.15) is 9.88 Å². The van der Waals surface area contributed by atoms with Gasteiger partial charge in [-0.3, -0.25) is 4.79 Å². The van der Waals surface area contributed by atoms with Crippen molar-refractivity contribution in [1.82, 2.24) is 10.3 Å². The summed E-state index contributed by atoms with van der Waals surface area (Å²) in [5.41, 5.74) is 1.06. The zero-order chi connectivity index (χ0) is 14.7. The highest BCUT2D eigenvalue weighted by Crippen LogP contribution is 2.28. The van der Waals surface area contributed by atoms with Crippen LogP contribution in [-0.2, 0) is 6.54 Å². The number of carbonyl (C=O) groups excluding carboxylic acids is 1. The number of benzene rings is 1. The third-order valence-electron chi connectivity index (χ3n) is 2.80. The molecule has 0 aliphatic heterocycles. The monoisotopic (exact) mass is 378 g/mol. The fourth-order valence-electron chi connectivity index (χ4n) is 1.81. The number of nitrogens with one attached hydrogen (secondary N) is 1. The minimum atomic E-state index is -0.0877. The predicted octanol–water partition coefficient (Wildman–Crippen LogP) is 4.56. The van der Waals surface area contributed by atoms with Crippen LogP contribution in [0.3, 0.4) is 0 Å². The third kappa shape index (κ3) is 3.58. The quantitative estimate of drug-likeness (QED) is 0.722. The first-order valence-corrected chi connectivity index (χ1v) is 8.73. The molecule has 0 saturated heterocycles. The Balaban J connectivity index is 1.66. The van der Waals surface area contributed by atoms with Gasteiger partial charge in [0.15, 0.2) is 0 Å². The van der Waals surface area contributed by atoms with E-state index in [1.54, 1.807) is 17.5 Å². The first-order chi connectivity index (χ1) is 10.2. The molecule has 3 aromatic rings. The molecule has 0 aliphatic carbocycles. The number of aromatic nitrogens is 1. The van der Waals surface area contributed by atoms with Crippen molar-refractivity contribution in [1.29, 1.82) is 0 Å². The molecule has 3 nitrogen and oxygen atoms in total. The highest BCUT2D eigenvalue weighted by Gasteiger charge is 2.12. The lowest BCUT2D eigenvalue weighted by molar-refractivity contribution is 0.0955. The number of halogens is 1. The van der Waals surface area contributed by atoms with Crippen LogP contribution in [0.5, 0.6) is 0 Å². The minimum absolute atomic E-state index is 0.0877. The van der Waals surface area contributed by atoms with Crippen LogP contribution in [0.4, 0.5) is 0 Å². The number of hydrogen-bond acceptors (Lipinski definition) is 4. The van der Waals surface area contributed by atoms with Gasteiger partial charge in [0.05, 0.1) is 11.1 Å². The van der Waals surface area contributed by atoms with E-state index in [1.807, 2.05) is 41.8 Å². The van der Waals surface area contributed by atoms with Crippen LogP contribution in [0.1, 0.15) is 15.2 Å². The van der Waals surface area contributed by atoms with Crippen LogP contribution in [0.25, 0.3) is 9.88 Å². The summed E-state index contributed by atoms with van der Waals surface area (Å²) >= 11 is 6.46. The van der Waals surface area contributed by atoms with E-state index >= 15 is 0 Å². The number of nitrogens with zero attached hydrogens (tertiary/aromatic N) is 1. The molecule has 0 unspecified atom stereocenters. The van der Waals surface area contributed by atoms with Gasteiger partial charge >= 0.3 is 0 Å². The van der Waals surface area contributed by atoms with Crippen molar-refractivity contribution in [3.05, 3.63) is 62.9 Å². The van der Waals surface area contributed by atoms with Crippen molar-refractivity contribution < 1.29 is 4.79 Å². The summed E-state index contributed by atoms with van der Waals surface area (Å²) < 4.78 is 1.01. The molecule has 106 valence electrons. The molecular formula is C15H11BrN2OS2. The van der Waals surface area contributed by atoms with Gasteiger partial charge in [-0.05, 0) is 29.1 Å². The fraction of sp³-hybridized carbons (Fsp3) is 0.0667. The molecule has 2 aromatic heterocycles. The van der Waals surface area contributed by atoms with Crippen molar-refractivity contribution >= 4 is 44.5 Å². The van der Waals surface area contributed by atoms with Gasteiger partial charge in [0.25, 0.3) is 5.91 Å². The Morgan fingerprint density at radius 3 is 2.95 bits per heavy atom. The van der Waals surface area contributed by atoms with E-state index in [9.17, 15) is 4.79 Å². The van der Waals surface area contributed by atoms with Crippen molar-refractivity contribution in [2.45, 2.75) is 6.54 Å². The molecule has 0 spiro atoms. The zero-order valence-electron chi connectivity index (χ0n) is 10.9. The third-order valence-corrected chi connectivity index (χ3v) is 5.33. The minimum Gasteiger partial charge on any atom is -0.347 e. The number of thiophene rings is 1. The Hall–Kier alpha value is -1.50. The van der Waals surface area contributed by atoms with Crippen molar-refractivity contribution in [2.75, 3.05) is 0 Å². The number of amides is 1. The van der Waals surface area contributed by atoms with Gasteiger partial charge in [-0.2, -0.15) is 0 Å². The number of carbonyl (C=O) groups is 1. The highest BCUT2D eigenvalue weighted by molar-refractivity contribution is 9.10. The lowest BCUT2D eigenvalue weighted by Gasteiger charge is -2.03. The van der Waals surface area contributed by atoms with Gasteiger partial charge < -0.3 is 5.32 Å². The van der Waals surface area contributed by atoms with E-state index in [2.05, 4.69) is 26.2 Å². The summed E-state index contributed by atoms with van der Waals surface area (Å²) in [6, 6.07) is 11.9. The SMILES string of the molecule is O=C(NCc1cccc(Br)c1)c1cnc(-c2cccs2)s1. The summed E-state index contributed by atoms with van der Waals surface area (Å²) in [7, 11) is 0. The molecule has 0 saturated carbocycles. The average molecular weight is 379 g/mol. The topological polar surface area (TPSA) is 42.0 Å². The molecule has 0 radical (unpaired) electrons. The maximum Gasteiger partial charge on any atom is 0.263 e. The Kier molecular flexibility index (Phi) is 4.48. The first kappa shape index (κ1) is 14.4. The maximum atomic E-state index is 12.1. The van der Waals surface area contributed by atoms with E-state index in [4.69, 9.17) is 0 Å². The Labute approximate surface area is 138 Å². The summed E-state index contributed by atoms with van der Waals surface area (Å²) in [5, 5.41) is 5.81. The summed E-state index contributed by atoms with van der Waals surface area (Å²) in [4.78, 5) is 18.2. The van der Waals surface area contributed by atoms with Crippen LogP contribution < -0.4 is 5.32 Å². The van der Waals surface area contributed by atoms with Crippen LogP contribution in [0.2, 0.25) is 0 Å². The Bertz CT molecular complexity index is 753. The number of rotatable bonds is 4. The lowest BCUT2D eigenvalue weighted by Crippen LogP contribution is -2.21. The molecule has 0 bridgehead atoms. The van der Waals surface area contributed by atoms with E-state index in [0.717, 1.165) is 19.9 Å². The van der Waals surface area contributed by atoms with Crippen LogP contribution in [0.15, 0.2) is 52.4 Å². The second-order valence-corrected chi connectivity index (χ2v) is 7.21. The fourth-order valence-corrected chi connectivity index (χ4v) is 3.89. The molecular weight excluding hydrogens is 368 g/mol. The van der Waals surface area contributed by atoms with Gasteiger partial charge in [0, 0.05) is 11.0 Å². The van der Waals surface area contributed by atoms with E-state index in [0.29, 0.717) is 11.4 Å². The number of hydrogen-bond donors (Lipinski definition) is 1. The normalized spacial score (nSPS) is 10.5. The van der Waals surface area contributed by atoms with Crippen LogP contribution in [-0.4, -0.2) is 10.9 Å². The molecule has 3 rings (SSSR count). The largest absolute Gasteiger partial charge is 0.347 e. The highest BCUT2D eigenvalue weighted by atomic mass is 79.9. The second-order valence-electron chi connectivity index (χ2n) is 4.32. The van der Waals surface area contributed by atoms with E-state index < -0.39 is 0 Å². The van der Waals surface area contributed by atoms with Crippen molar-refractivity contribution in [3.8, 4) is 9.88 Å². The number of thiazole rings is 1. The Morgan fingerprint density at radius 2 is 2.19 bits per heavy atom. The molecule has 1 amide bonds. The Morgan fingerprint density at radius 1 is 1.29 bits per heavy atom. The standard InChI is InChI=1S/C15H11BrN2OS2/c16-11-4-1-3-10(7-11)8-17-14(19)13-9-18-15(21-13)12-5-2-6-20-12/h1-7,9H,8H2,(H,17,19). The van der Waals surface area contributed by atoms with Gasteiger partial charge in [-0.25, -0.2) is 4.98 Å². The first-order valence-electron chi connectivity index (χ1n) is 6.25. The van der Waals surface area contributed by atoms with Gasteiger partial charge in [0.2, 0.25) is 0 Å². The van der Waals surface area contributed by atoms with Gasteiger partial charge in [-0.1, -0.05) is 34.1 Å². The molecule has 1 N–H and O–H groups in total. The molecule has 21 heavy (non-hydrogen) atoms. The zero-order valence-corrected chi connectivity index (χ0v) is 14.1. The smallest absolute Gasteiger partial charge is 0.263 e. The molecule has 0 aliphatic rings. The molecule has 2 heterocycles. The summed E-state index contributed by atoms with van der Waals surface area (Å²) in [6.07, 6.45) is 1.63. The average Bonchev–Trinajstić information content (AvgIpc) is 3.15. The van der Waals surface area contributed by atoms with Crippen LogP contribution in [0, 0.1) is 0 Å². The summed E-state index contributed by atoms with van der Waals surface area (Å²) in [6.45, 7) is 0.504. The maximum absolute atomic E-state index is 12.1. The van der Waals surface area contributed by atoms with E-state index in [-0.39, 0.29) is 5.91 Å².